The number of fused-ring (bicyclic) bond motifs is 1. The molecule has 38 heavy (non-hydrogen) atoms. The van der Waals surface area contributed by atoms with E-state index in [2.05, 4.69) is 10.6 Å². The number of carbonyl (C=O) groups excluding carboxylic acids is 1. The molecule has 12 heteroatoms. The van der Waals surface area contributed by atoms with E-state index in [4.69, 9.17) is 19.5 Å². The highest BCUT2D eigenvalue weighted by Gasteiger charge is 2.30. The number of hydrogen-bond acceptors (Lipinski definition) is 6. The lowest BCUT2D eigenvalue weighted by Gasteiger charge is -2.29. The molecule has 2 amide bonds. The molecule has 4 rings (SSSR count). The van der Waals surface area contributed by atoms with Crippen LogP contribution in [0.5, 0.6) is 5.75 Å². The number of hydroxylamine groups is 1. The summed E-state index contributed by atoms with van der Waals surface area (Å²) in [6.45, 7) is 0.512. The molecular weight excluding hydrogens is 507 g/mol. The first kappa shape index (κ1) is 27.2. The van der Waals surface area contributed by atoms with Crippen LogP contribution in [0.1, 0.15) is 47.9 Å². The SMILES string of the molecule is O=C(COc1ccc2c(c1)CCC/C2=N/OCc1ccc(C(F)(F)F)cc1)NOC1CCN(C(=O)O)CC1. The lowest BCUT2D eigenvalue weighted by atomic mass is 9.90. The number of carbonyl (C=O) groups is 2. The first-order chi connectivity index (χ1) is 18.2. The van der Waals surface area contributed by atoms with Crippen LogP contribution in [0.3, 0.4) is 0 Å². The monoisotopic (exact) mass is 535 g/mol. The summed E-state index contributed by atoms with van der Waals surface area (Å²) in [4.78, 5) is 35.2. The van der Waals surface area contributed by atoms with E-state index >= 15 is 0 Å². The minimum absolute atomic E-state index is 0.0496. The number of amides is 2. The van der Waals surface area contributed by atoms with Crippen molar-refractivity contribution >= 4 is 17.7 Å². The standard InChI is InChI=1S/C26H28F3N3O6/c27-26(28,29)19-6-4-17(5-7-19)15-37-30-23-3-1-2-18-14-21(8-9-22(18)23)36-16-24(33)31-38-20-10-12-32(13-11-20)25(34)35/h4-9,14,20H,1-3,10-13,15-16H2,(H,31,33)(H,34,35)/b30-23-. The second-order valence-electron chi connectivity index (χ2n) is 9.08. The van der Waals surface area contributed by atoms with E-state index in [9.17, 15) is 22.8 Å². The van der Waals surface area contributed by atoms with Crippen molar-refractivity contribution in [1.29, 1.82) is 0 Å². The van der Waals surface area contributed by atoms with Gasteiger partial charge in [0.15, 0.2) is 6.61 Å². The van der Waals surface area contributed by atoms with Crippen LogP contribution in [0, 0.1) is 0 Å². The predicted molar refractivity (Wildman–Crippen MR) is 129 cm³/mol. The summed E-state index contributed by atoms with van der Waals surface area (Å²) in [7, 11) is 0. The smallest absolute Gasteiger partial charge is 0.416 e. The van der Waals surface area contributed by atoms with Crippen molar-refractivity contribution in [2.75, 3.05) is 19.7 Å². The van der Waals surface area contributed by atoms with E-state index < -0.39 is 23.7 Å². The fraction of sp³-hybridized carbons (Fsp3) is 0.423. The number of alkyl halides is 3. The Kier molecular flexibility index (Phi) is 8.72. The molecule has 0 unspecified atom stereocenters. The minimum Gasteiger partial charge on any atom is -0.484 e. The highest BCUT2D eigenvalue weighted by molar-refractivity contribution is 6.02. The van der Waals surface area contributed by atoms with Gasteiger partial charge in [0, 0.05) is 18.7 Å². The molecule has 0 aromatic heterocycles. The first-order valence-electron chi connectivity index (χ1n) is 12.2. The number of piperidine rings is 1. The summed E-state index contributed by atoms with van der Waals surface area (Å²) in [5, 5.41) is 13.2. The number of aryl methyl sites for hydroxylation is 1. The minimum atomic E-state index is -4.38. The molecule has 1 fully saturated rings. The topological polar surface area (TPSA) is 110 Å². The number of oxime groups is 1. The average molecular weight is 536 g/mol. The maximum Gasteiger partial charge on any atom is 0.416 e. The molecule has 0 atom stereocenters. The zero-order valence-corrected chi connectivity index (χ0v) is 20.5. The molecule has 2 N–H and O–H groups in total. The molecule has 1 aliphatic heterocycles. The van der Waals surface area contributed by atoms with Crippen molar-refractivity contribution < 1.29 is 42.3 Å². The average Bonchev–Trinajstić information content (AvgIpc) is 2.90. The predicted octanol–water partition coefficient (Wildman–Crippen LogP) is 4.53. The molecule has 0 saturated carbocycles. The van der Waals surface area contributed by atoms with Crippen molar-refractivity contribution in [3.05, 3.63) is 64.7 Å². The molecule has 2 aliphatic rings. The van der Waals surface area contributed by atoms with Crippen LogP contribution >= 0.6 is 0 Å². The van der Waals surface area contributed by atoms with Crippen molar-refractivity contribution in [1.82, 2.24) is 10.4 Å². The summed E-state index contributed by atoms with van der Waals surface area (Å²) >= 11 is 0. The fourth-order valence-corrected chi connectivity index (χ4v) is 4.29. The largest absolute Gasteiger partial charge is 0.484 e. The lowest BCUT2D eigenvalue weighted by molar-refractivity contribution is -0.142. The molecule has 0 radical (unpaired) electrons. The van der Waals surface area contributed by atoms with Gasteiger partial charge in [0.2, 0.25) is 0 Å². The zero-order valence-electron chi connectivity index (χ0n) is 20.5. The number of rotatable bonds is 8. The van der Waals surface area contributed by atoms with Gasteiger partial charge in [0.1, 0.15) is 12.4 Å². The van der Waals surface area contributed by atoms with E-state index in [0.29, 0.717) is 43.7 Å². The van der Waals surface area contributed by atoms with E-state index in [1.54, 1.807) is 6.07 Å². The lowest BCUT2D eigenvalue weighted by Crippen LogP contribution is -2.42. The Hall–Kier alpha value is -3.80. The van der Waals surface area contributed by atoms with Gasteiger partial charge in [-0.15, -0.1) is 0 Å². The number of ether oxygens (including phenoxy) is 1. The molecule has 0 spiro atoms. The van der Waals surface area contributed by atoms with Crippen LogP contribution in [-0.4, -0.2) is 53.5 Å². The van der Waals surface area contributed by atoms with E-state index in [0.717, 1.165) is 41.8 Å². The fourth-order valence-electron chi connectivity index (χ4n) is 4.29. The van der Waals surface area contributed by atoms with Gasteiger partial charge < -0.3 is 19.6 Å². The molecule has 1 saturated heterocycles. The maximum absolute atomic E-state index is 12.7. The Morgan fingerprint density at radius 3 is 2.50 bits per heavy atom. The van der Waals surface area contributed by atoms with Crippen LogP contribution < -0.4 is 10.2 Å². The molecule has 1 aliphatic carbocycles. The Balaban J connectivity index is 1.24. The maximum atomic E-state index is 12.7. The van der Waals surface area contributed by atoms with Crippen LogP contribution in [0.15, 0.2) is 47.6 Å². The first-order valence-corrected chi connectivity index (χ1v) is 12.2. The van der Waals surface area contributed by atoms with Gasteiger partial charge in [0.05, 0.1) is 17.4 Å². The van der Waals surface area contributed by atoms with Gasteiger partial charge in [-0.3, -0.25) is 9.63 Å². The molecule has 204 valence electrons. The van der Waals surface area contributed by atoms with Gasteiger partial charge in [-0.1, -0.05) is 17.3 Å². The molecular formula is C26H28F3N3O6. The number of benzene rings is 2. The van der Waals surface area contributed by atoms with Gasteiger partial charge >= 0.3 is 12.3 Å². The van der Waals surface area contributed by atoms with E-state index in [1.807, 2.05) is 12.1 Å². The highest BCUT2D eigenvalue weighted by atomic mass is 19.4. The summed E-state index contributed by atoms with van der Waals surface area (Å²) in [5.74, 6) is 0.0582. The summed E-state index contributed by atoms with van der Waals surface area (Å²) in [6.07, 6.45) is -2.26. The normalized spacial score (nSPS) is 17.1. The Morgan fingerprint density at radius 2 is 1.82 bits per heavy atom. The number of likely N-dealkylation sites (tertiary alicyclic amines) is 1. The van der Waals surface area contributed by atoms with Crippen LogP contribution in [0.4, 0.5) is 18.0 Å². The van der Waals surface area contributed by atoms with Crippen molar-refractivity contribution in [3.8, 4) is 5.75 Å². The third-order valence-electron chi connectivity index (χ3n) is 6.36. The molecule has 0 bridgehead atoms. The summed E-state index contributed by atoms with van der Waals surface area (Å²) in [6, 6.07) is 10.2. The second-order valence-corrected chi connectivity index (χ2v) is 9.08. The van der Waals surface area contributed by atoms with E-state index in [1.165, 1.54) is 17.0 Å². The quantitative estimate of drug-likeness (QED) is 0.481. The van der Waals surface area contributed by atoms with Gasteiger partial charge in [-0.2, -0.15) is 13.2 Å². The number of nitrogens with zero attached hydrogens (tertiary/aromatic N) is 2. The Bertz CT molecular complexity index is 1160. The number of hydrogen-bond donors (Lipinski definition) is 2. The molecule has 1 heterocycles. The second kappa shape index (κ2) is 12.2. The van der Waals surface area contributed by atoms with Crippen LogP contribution in [0.25, 0.3) is 0 Å². The Morgan fingerprint density at radius 1 is 1.08 bits per heavy atom. The van der Waals surface area contributed by atoms with Crippen LogP contribution in [-0.2, 0) is 33.7 Å². The number of halogens is 3. The third kappa shape index (κ3) is 7.37. The van der Waals surface area contributed by atoms with Crippen molar-refractivity contribution in [2.45, 2.75) is 51.0 Å². The summed E-state index contributed by atoms with van der Waals surface area (Å²) < 4.78 is 43.7. The summed E-state index contributed by atoms with van der Waals surface area (Å²) in [5.41, 5.74) is 4.86. The number of carboxylic acid groups (broad SMARTS) is 1. The highest BCUT2D eigenvalue weighted by Crippen LogP contribution is 2.29. The van der Waals surface area contributed by atoms with Gasteiger partial charge in [-0.05, 0) is 73.6 Å². The Labute approximate surface area is 217 Å². The van der Waals surface area contributed by atoms with Crippen molar-refractivity contribution in [2.24, 2.45) is 5.16 Å². The molecule has 9 nitrogen and oxygen atoms in total. The molecule has 2 aromatic rings. The van der Waals surface area contributed by atoms with Crippen molar-refractivity contribution in [3.63, 3.8) is 0 Å². The van der Waals surface area contributed by atoms with E-state index in [-0.39, 0.29) is 19.3 Å². The molecule has 2 aromatic carbocycles. The number of nitrogens with one attached hydrogen (secondary N) is 1. The van der Waals surface area contributed by atoms with Gasteiger partial charge in [0.25, 0.3) is 5.91 Å². The van der Waals surface area contributed by atoms with Crippen LogP contribution in [0.2, 0.25) is 0 Å². The zero-order chi connectivity index (χ0) is 27.1. The van der Waals surface area contributed by atoms with Gasteiger partial charge in [-0.25, -0.2) is 10.3 Å². The third-order valence-corrected chi connectivity index (χ3v) is 6.36.